The molecule has 3 rings (SSSR count). The molecule has 3 aromatic carbocycles. The Morgan fingerprint density at radius 3 is 2.24 bits per heavy atom. The highest BCUT2D eigenvalue weighted by Gasteiger charge is 2.17. The Balaban J connectivity index is 1.60. The summed E-state index contributed by atoms with van der Waals surface area (Å²) in [6.07, 6.45) is 0.757. The molecule has 8 heteroatoms. The summed E-state index contributed by atoms with van der Waals surface area (Å²) in [4.78, 5) is 14.1. The van der Waals surface area contributed by atoms with Gasteiger partial charge in [-0.2, -0.15) is 0 Å². The molecule has 190 valence electrons. The Hall–Kier alpha value is -3.16. The van der Waals surface area contributed by atoms with Gasteiger partial charge in [0.15, 0.2) is 0 Å². The lowest BCUT2D eigenvalue weighted by molar-refractivity contribution is -0.117. The maximum atomic E-state index is 11.8. The van der Waals surface area contributed by atoms with Gasteiger partial charge >= 0.3 is 7.12 Å². The normalized spacial score (nSPS) is 10.9. The summed E-state index contributed by atoms with van der Waals surface area (Å²) in [5, 5.41) is 25.9. The number of carbonyl (C=O) groups excluding carboxylic acids is 1. The second kappa shape index (κ2) is 14.5. The first-order valence-corrected chi connectivity index (χ1v) is 12.6. The lowest BCUT2D eigenvalue weighted by Gasteiger charge is -2.24. The molecule has 0 aliphatic carbocycles. The summed E-state index contributed by atoms with van der Waals surface area (Å²) >= 11 is 0. The maximum Gasteiger partial charge on any atom is 0.488 e. The molecule has 1 amide bonds. The van der Waals surface area contributed by atoms with Crippen LogP contribution in [0.15, 0.2) is 84.9 Å². The zero-order chi connectivity index (χ0) is 26.6. The molecule has 0 atom stereocenters. The summed E-state index contributed by atoms with van der Waals surface area (Å²) in [5.41, 5.74) is 6.07. The number of nitrogens with one attached hydrogen (secondary N) is 2. The van der Waals surface area contributed by atoms with Crippen LogP contribution in [0.2, 0.25) is 0 Å². The molecule has 0 aliphatic rings. The molecule has 0 saturated heterocycles. The Morgan fingerprint density at radius 1 is 0.919 bits per heavy atom. The fourth-order valence-corrected chi connectivity index (χ4v) is 4.10. The molecule has 3 aromatic rings. The van der Waals surface area contributed by atoms with Crippen molar-refractivity contribution in [1.82, 2.24) is 15.5 Å². The van der Waals surface area contributed by atoms with E-state index in [1.807, 2.05) is 36.4 Å². The van der Waals surface area contributed by atoms with E-state index in [4.69, 9.17) is 7.85 Å². The van der Waals surface area contributed by atoms with Gasteiger partial charge in [-0.3, -0.25) is 9.69 Å². The molecule has 0 aromatic heterocycles. The molecule has 0 saturated carbocycles. The van der Waals surface area contributed by atoms with E-state index in [0.717, 1.165) is 41.7 Å². The predicted molar refractivity (Wildman–Crippen MR) is 152 cm³/mol. The van der Waals surface area contributed by atoms with Gasteiger partial charge in [0.1, 0.15) is 7.85 Å². The van der Waals surface area contributed by atoms with Crippen molar-refractivity contribution in [3.63, 3.8) is 0 Å². The molecule has 0 unspecified atom stereocenters. The molecule has 0 spiro atoms. The van der Waals surface area contributed by atoms with Crippen LogP contribution in [0, 0.1) is 0 Å². The Bertz CT molecular complexity index is 1170. The molecule has 0 aliphatic heterocycles. The van der Waals surface area contributed by atoms with Crippen LogP contribution in [0.4, 0.5) is 0 Å². The van der Waals surface area contributed by atoms with Gasteiger partial charge in [-0.1, -0.05) is 84.8 Å². The average Bonchev–Trinajstić information content (AvgIpc) is 2.88. The minimum atomic E-state index is -1.52. The van der Waals surface area contributed by atoms with Crippen molar-refractivity contribution in [2.45, 2.75) is 39.5 Å². The summed E-state index contributed by atoms with van der Waals surface area (Å²) < 4.78 is 0. The highest BCUT2D eigenvalue weighted by molar-refractivity contribution is 6.59. The van der Waals surface area contributed by atoms with Gasteiger partial charge in [0, 0.05) is 44.8 Å². The number of nitrogens with zero attached hydrogens (tertiary/aromatic N) is 1. The zero-order valence-electron chi connectivity index (χ0n) is 21.5. The first kappa shape index (κ1) is 28.4. The quantitative estimate of drug-likeness (QED) is 0.155. The predicted octanol–water partition coefficient (Wildman–Crippen LogP) is 1.53. The molecule has 4 N–H and O–H groups in total. The van der Waals surface area contributed by atoms with Crippen LogP contribution in [0.5, 0.6) is 0 Å². The Morgan fingerprint density at radius 2 is 1.57 bits per heavy atom. The van der Waals surface area contributed by atoms with Gasteiger partial charge in [-0.25, -0.2) is 0 Å². The van der Waals surface area contributed by atoms with Crippen LogP contribution in [-0.4, -0.2) is 48.9 Å². The van der Waals surface area contributed by atoms with Crippen molar-refractivity contribution >= 4 is 31.8 Å². The van der Waals surface area contributed by atoms with E-state index in [1.165, 1.54) is 5.56 Å². The van der Waals surface area contributed by atoms with Crippen LogP contribution in [-0.2, 0) is 31.0 Å². The van der Waals surface area contributed by atoms with E-state index in [-0.39, 0.29) is 5.91 Å². The third-order valence-electron chi connectivity index (χ3n) is 6.18. The molecule has 2 radical (unpaired) electrons. The fraction of sp³-hybridized carbons (Fsp3) is 0.276. The fourth-order valence-electron chi connectivity index (χ4n) is 4.10. The Kier molecular flexibility index (Phi) is 11.2. The lowest BCUT2D eigenvalue weighted by atomic mass is 9.77. The number of hydrogen-bond donors (Lipinski definition) is 4. The minimum Gasteiger partial charge on any atom is -0.423 e. The van der Waals surface area contributed by atoms with E-state index in [9.17, 15) is 14.8 Å². The maximum absolute atomic E-state index is 11.8. The summed E-state index contributed by atoms with van der Waals surface area (Å²) in [5.74, 6) is -0.139. The van der Waals surface area contributed by atoms with E-state index < -0.39 is 7.12 Å². The van der Waals surface area contributed by atoms with Crippen molar-refractivity contribution in [3.05, 3.63) is 107 Å². The zero-order valence-corrected chi connectivity index (χ0v) is 21.5. The van der Waals surface area contributed by atoms with Crippen molar-refractivity contribution in [2.75, 3.05) is 13.1 Å². The van der Waals surface area contributed by atoms with Crippen LogP contribution in [0.1, 0.15) is 35.6 Å². The smallest absolute Gasteiger partial charge is 0.423 e. The van der Waals surface area contributed by atoms with Gasteiger partial charge in [0.05, 0.1) is 0 Å². The van der Waals surface area contributed by atoms with Crippen LogP contribution < -0.4 is 21.6 Å². The van der Waals surface area contributed by atoms with Crippen molar-refractivity contribution < 1.29 is 14.8 Å². The average molecular weight is 495 g/mol. The SMILES string of the molecule is [B]c1ccccc1CNCc1ccc(CN(CCCNC(=O)C(=C)C)Cc2ccccc2B(O)O)cc1. The number of carbonyl (C=O) groups is 1. The van der Waals surface area contributed by atoms with E-state index in [0.29, 0.717) is 37.2 Å². The third kappa shape index (κ3) is 9.34. The van der Waals surface area contributed by atoms with E-state index in [1.54, 1.807) is 19.1 Å². The van der Waals surface area contributed by atoms with Crippen molar-refractivity contribution in [1.29, 1.82) is 0 Å². The number of hydrogen-bond acceptors (Lipinski definition) is 5. The summed E-state index contributed by atoms with van der Waals surface area (Å²) in [7, 11) is 4.50. The summed E-state index contributed by atoms with van der Waals surface area (Å²) in [6.45, 7) is 9.34. The first-order chi connectivity index (χ1) is 17.8. The molecular weight excluding hydrogens is 460 g/mol. The highest BCUT2D eigenvalue weighted by Crippen LogP contribution is 2.12. The molecular formula is C29H35B2N3O3. The van der Waals surface area contributed by atoms with Gasteiger partial charge in [-0.15, -0.1) is 0 Å². The molecule has 0 bridgehead atoms. The van der Waals surface area contributed by atoms with E-state index >= 15 is 0 Å². The number of rotatable bonds is 14. The monoisotopic (exact) mass is 495 g/mol. The van der Waals surface area contributed by atoms with Crippen LogP contribution >= 0.6 is 0 Å². The summed E-state index contributed by atoms with van der Waals surface area (Å²) in [6, 6.07) is 23.7. The van der Waals surface area contributed by atoms with Gasteiger partial charge in [-0.05, 0) is 41.1 Å². The second-order valence-electron chi connectivity index (χ2n) is 9.29. The van der Waals surface area contributed by atoms with Gasteiger partial charge in [0.25, 0.3) is 0 Å². The van der Waals surface area contributed by atoms with Crippen molar-refractivity contribution in [2.24, 2.45) is 0 Å². The Labute approximate surface area is 222 Å². The largest absolute Gasteiger partial charge is 0.488 e. The molecule has 6 nitrogen and oxygen atoms in total. The van der Waals surface area contributed by atoms with Crippen molar-refractivity contribution in [3.8, 4) is 0 Å². The van der Waals surface area contributed by atoms with Gasteiger partial charge in [0.2, 0.25) is 5.91 Å². The number of benzene rings is 3. The third-order valence-corrected chi connectivity index (χ3v) is 6.18. The number of amides is 1. The standard InChI is InChI=1S/C29H35B2N3O3/c1-22(2)29(35)33-16-7-17-34(21-26-9-4-6-11-28(26)31(36)37)20-24-14-12-23(13-15-24)18-32-19-25-8-3-5-10-27(25)30/h3-6,8-15,32,36-37H,1,7,16-21H2,2H3,(H,33,35). The highest BCUT2D eigenvalue weighted by atomic mass is 16.4. The lowest BCUT2D eigenvalue weighted by Crippen LogP contribution is -2.36. The second-order valence-corrected chi connectivity index (χ2v) is 9.29. The molecule has 0 heterocycles. The van der Waals surface area contributed by atoms with E-state index in [2.05, 4.69) is 46.4 Å². The minimum absolute atomic E-state index is 0.139. The van der Waals surface area contributed by atoms with Gasteiger partial charge < -0.3 is 20.7 Å². The molecule has 0 fully saturated rings. The molecule has 37 heavy (non-hydrogen) atoms. The first-order valence-electron chi connectivity index (χ1n) is 12.6. The van der Waals surface area contributed by atoms with Crippen LogP contribution in [0.3, 0.4) is 0 Å². The topological polar surface area (TPSA) is 84.8 Å². The van der Waals surface area contributed by atoms with Crippen LogP contribution in [0.25, 0.3) is 0 Å².